The molecule has 1 aliphatic rings. The van der Waals surface area contributed by atoms with Crippen LogP contribution in [0.1, 0.15) is 5.56 Å². The molecular formula is C10H14Cl2N2. The van der Waals surface area contributed by atoms with E-state index >= 15 is 0 Å². The summed E-state index contributed by atoms with van der Waals surface area (Å²) >= 11 is 0. The Morgan fingerprint density at radius 1 is 1.21 bits per heavy atom. The van der Waals surface area contributed by atoms with Crippen molar-refractivity contribution >= 4 is 36.7 Å². The van der Waals surface area contributed by atoms with Gasteiger partial charge in [0.25, 0.3) is 0 Å². The van der Waals surface area contributed by atoms with Crippen LogP contribution in [0.4, 0.5) is 5.69 Å². The van der Waals surface area contributed by atoms with Crippen LogP contribution in [-0.2, 0) is 0 Å². The van der Waals surface area contributed by atoms with Crippen LogP contribution in [0.2, 0.25) is 0 Å². The van der Waals surface area contributed by atoms with Crippen molar-refractivity contribution in [1.82, 2.24) is 0 Å². The van der Waals surface area contributed by atoms with E-state index < -0.39 is 0 Å². The molecule has 0 saturated carbocycles. The number of halogens is 2. The summed E-state index contributed by atoms with van der Waals surface area (Å²) in [6, 6.07) is 8.34. The van der Waals surface area contributed by atoms with Gasteiger partial charge in [0, 0.05) is 31.1 Å². The average Bonchev–Trinajstić information content (AvgIpc) is 2.29. The zero-order valence-electron chi connectivity index (χ0n) is 8.01. The summed E-state index contributed by atoms with van der Waals surface area (Å²) in [6.07, 6.45) is 1.96. The second kappa shape index (κ2) is 5.89. The van der Waals surface area contributed by atoms with E-state index in [1.54, 1.807) is 0 Å². The molecular weight excluding hydrogens is 219 g/mol. The minimum atomic E-state index is 0. The summed E-state index contributed by atoms with van der Waals surface area (Å²) in [5.74, 6) is 0. The van der Waals surface area contributed by atoms with Gasteiger partial charge >= 0.3 is 0 Å². The van der Waals surface area contributed by atoms with Gasteiger partial charge in [0.1, 0.15) is 0 Å². The van der Waals surface area contributed by atoms with Crippen LogP contribution in [0.15, 0.2) is 29.3 Å². The predicted molar refractivity (Wildman–Crippen MR) is 66.7 cm³/mol. The smallest absolute Gasteiger partial charge is 0.0565 e. The number of aliphatic imine (C=N–C) groups is 1. The van der Waals surface area contributed by atoms with Crippen LogP contribution in [0.5, 0.6) is 0 Å². The minimum absolute atomic E-state index is 0. The van der Waals surface area contributed by atoms with Crippen molar-refractivity contribution in [3.63, 3.8) is 0 Å². The Morgan fingerprint density at radius 3 is 2.71 bits per heavy atom. The minimum Gasteiger partial charge on any atom is -0.372 e. The van der Waals surface area contributed by atoms with Gasteiger partial charge in [0.15, 0.2) is 0 Å². The van der Waals surface area contributed by atoms with Crippen molar-refractivity contribution in [2.75, 3.05) is 25.0 Å². The second-order valence-corrected chi connectivity index (χ2v) is 3.02. The maximum atomic E-state index is 4.30. The second-order valence-electron chi connectivity index (χ2n) is 3.02. The molecule has 1 aromatic carbocycles. The van der Waals surface area contributed by atoms with Crippen LogP contribution in [0.3, 0.4) is 0 Å². The van der Waals surface area contributed by atoms with Gasteiger partial charge in [-0.25, -0.2) is 0 Å². The van der Waals surface area contributed by atoms with E-state index in [1.165, 1.54) is 11.3 Å². The Labute approximate surface area is 96.8 Å². The molecule has 0 unspecified atom stereocenters. The van der Waals surface area contributed by atoms with Gasteiger partial charge in [-0.05, 0) is 6.07 Å². The molecule has 78 valence electrons. The molecule has 0 spiro atoms. The van der Waals surface area contributed by atoms with Crippen LogP contribution in [0.25, 0.3) is 0 Å². The Morgan fingerprint density at radius 2 is 1.93 bits per heavy atom. The molecule has 0 saturated heterocycles. The maximum Gasteiger partial charge on any atom is 0.0565 e. The van der Waals surface area contributed by atoms with Gasteiger partial charge in [-0.1, -0.05) is 18.2 Å². The van der Waals surface area contributed by atoms with Gasteiger partial charge in [-0.15, -0.1) is 24.8 Å². The van der Waals surface area contributed by atoms with Crippen molar-refractivity contribution in [2.24, 2.45) is 4.99 Å². The van der Waals surface area contributed by atoms with Gasteiger partial charge in [-0.3, -0.25) is 4.99 Å². The molecule has 4 heteroatoms. The van der Waals surface area contributed by atoms with Gasteiger partial charge in [0.05, 0.1) is 6.54 Å². The van der Waals surface area contributed by atoms with Gasteiger partial charge in [0.2, 0.25) is 0 Å². The standard InChI is InChI=1S/C10H12N2.2ClH/c1-12-7-6-11-8-9-4-2-3-5-10(9)12;;/h2-5,8H,6-7H2,1H3;2*1H. The summed E-state index contributed by atoms with van der Waals surface area (Å²) < 4.78 is 0. The zero-order valence-corrected chi connectivity index (χ0v) is 9.64. The van der Waals surface area contributed by atoms with E-state index in [0.717, 1.165) is 13.1 Å². The third kappa shape index (κ3) is 2.63. The number of fused-ring (bicyclic) bond motifs is 1. The first-order valence-corrected chi connectivity index (χ1v) is 4.18. The predicted octanol–water partition coefficient (Wildman–Crippen LogP) is 2.40. The first kappa shape index (κ1) is 13.3. The number of benzene rings is 1. The van der Waals surface area contributed by atoms with Crippen molar-refractivity contribution in [2.45, 2.75) is 0 Å². The van der Waals surface area contributed by atoms with E-state index in [9.17, 15) is 0 Å². The third-order valence-electron chi connectivity index (χ3n) is 2.14. The topological polar surface area (TPSA) is 15.6 Å². The lowest BCUT2D eigenvalue weighted by atomic mass is 10.2. The molecule has 1 heterocycles. The normalized spacial score (nSPS) is 13.4. The van der Waals surface area contributed by atoms with Gasteiger partial charge < -0.3 is 4.90 Å². The number of rotatable bonds is 0. The fourth-order valence-electron chi connectivity index (χ4n) is 1.44. The molecule has 0 amide bonds. The Balaban J connectivity index is 0.000000845. The fraction of sp³-hybridized carbons (Fsp3) is 0.300. The first-order valence-electron chi connectivity index (χ1n) is 4.18. The van der Waals surface area contributed by atoms with Crippen molar-refractivity contribution in [3.05, 3.63) is 29.8 Å². The number of nitrogens with zero attached hydrogens (tertiary/aromatic N) is 2. The lowest BCUT2D eigenvalue weighted by Gasteiger charge is -2.17. The van der Waals surface area contributed by atoms with E-state index in [1.807, 2.05) is 12.3 Å². The summed E-state index contributed by atoms with van der Waals surface area (Å²) in [6.45, 7) is 1.90. The third-order valence-corrected chi connectivity index (χ3v) is 2.14. The van der Waals surface area contributed by atoms with E-state index in [4.69, 9.17) is 0 Å². The number of anilines is 1. The largest absolute Gasteiger partial charge is 0.372 e. The van der Waals surface area contributed by atoms with E-state index in [0.29, 0.717) is 0 Å². The molecule has 2 nitrogen and oxygen atoms in total. The van der Waals surface area contributed by atoms with Crippen LogP contribution < -0.4 is 4.90 Å². The number of likely N-dealkylation sites (N-methyl/N-ethyl adjacent to an activating group) is 1. The van der Waals surface area contributed by atoms with Crippen molar-refractivity contribution in [3.8, 4) is 0 Å². The Kier molecular flexibility index (Phi) is 5.58. The highest BCUT2D eigenvalue weighted by atomic mass is 35.5. The molecule has 14 heavy (non-hydrogen) atoms. The van der Waals surface area contributed by atoms with Crippen molar-refractivity contribution in [1.29, 1.82) is 0 Å². The van der Waals surface area contributed by atoms with Crippen molar-refractivity contribution < 1.29 is 0 Å². The lowest BCUT2D eigenvalue weighted by molar-refractivity contribution is 0.897. The highest BCUT2D eigenvalue weighted by molar-refractivity contribution is 5.88. The van der Waals surface area contributed by atoms with E-state index in [-0.39, 0.29) is 24.8 Å². The SMILES string of the molecule is CN1CCN=Cc2ccccc21.Cl.Cl. The number of benzodiazepines with no additional fused rings is 1. The Bertz CT molecular complexity index is 313. The lowest BCUT2D eigenvalue weighted by Crippen LogP contribution is -2.19. The fourth-order valence-corrected chi connectivity index (χ4v) is 1.44. The van der Waals surface area contributed by atoms with Crippen LogP contribution >= 0.6 is 24.8 Å². The zero-order chi connectivity index (χ0) is 8.39. The molecule has 1 aliphatic heterocycles. The van der Waals surface area contributed by atoms with E-state index in [2.05, 4.69) is 35.1 Å². The highest BCUT2D eigenvalue weighted by Crippen LogP contribution is 2.18. The summed E-state index contributed by atoms with van der Waals surface area (Å²) in [4.78, 5) is 6.53. The van der Waals surface area contributed by atoms with Gasteiger partial charge in [-0.2, -0.15) is 0 Å². The Hall–Kier alpha value is -0.730. The first-order chi connectivity index (χ1) is 5.88. The maximum absolute atomic E-state index is 4.30. The molecule has 0 aliphatic carbocycles. The molecule has 0 fully saturated rings. The monoisotopic (exact) mass is 232 g/mol. The van der Waals surface area contributed by atoms with Crippen LogP contribution in [0, 0.1) is 0 Å². The quantitative estimate of drug-likeness (QED) is 0.671. The molecule has 0 aromatic heterocycles. The number of hydrogen-bond donors (Lipinski definition) is 0. The highest BCUT2D eigenvalue weighted by Gasteiger charge is 2.06. The summed E-state index contributed by atoms with van der Waals surface area (Å²) in [5, 5.41) is 0. The number of para-hydroxylation sites is 1. The van der Waals surface area contributed by atoms with Crippen LogP contribution in [-0.4, -0.2) is 26.4 Å². The molecule has 1 aromatic rings. The molecule has 0 N–H and O–H groups in total. The molecule has 0 bridgehead atoms. The average molecular weight is 233 g/mol. The summed E-state index contributed by atoms with van der Waals surface area (Å²) in [7, 11) is 2.10. The number of hydrogen-bond acceptors (Lipinski definition) is 2. The molecule has 0 radical (unpaired) electrons. The summed E-state index contributed by atoms with van der Waals surface area (Å²) in [5.41, 5.74) is 2.50. The molecule has 2 rings (SSSR count). The molecule has 0 atom stereocenters.